The normalized spacial score (nSPS) is 11.4. The standard InChI is InChI=1S/C25H24N2O4S2/c1-25(2,3)31-24(29)27-18-9-7-15(22-6-5-11-33-22)13-19(18)26-23(28)21-14-16-12-17(32-4)8-10-20(16)30-21/h5-14H,1-4H3,(H,26,28)(H,27,29). The largest absolute Gasteiger partial charge is 0.451 e. The van der Waals surface area contributed by atoms with Crippen LogP contribution in [-0.4, -0.2) is 23.9 Å². The van der Waals surface area contributed by atoms with E-state index in [2.05, 4.69) is 10.6 Å². The van der Waals surface area contributed by atoms with Crippen LogP contribution in [-0.2, 0) is 4.74 Å². The first-order chi connectivity index (χ1) is 15.7. The highest BCUT2D eigenvalue weighted by Crippen LogP contribution is 2.33. The molecule has 2 aromatic carbocycles. The lowest BCUT2D eigenvalue weighted by Gasteiger charge is -2.20. The monoisotopic (exact) mass is 480 g/mol. The van der Waals surface area contributed by atoms with Gasteiger partial charge < -0.3 is 14.5 Å². The summed E-state index contributed by atoms with van der Waals surface area (Å²) in [7, 11) is 0. The van der Waals surface area contributed by atoms with Gasteiger partial charge in [0.25, 0.3) is 5.91 Å². The summed E-state index contributed by atoms with van der Waals surface area (Å²) >= 11 is 3.21. The van der Waals surface area contributed by atoms with E-state index < -0.39 is 17.6 Å². The minimum atomic E-state index is -0.645. The topological polar surface area (TPSA) is 80.6 Å². The SMILES string of the molecule is CSc1ccc2oc(C(=O)Nc3cc(-c4cccs4)ccc3NC(=O)OC(C)(C)C)cc2c1. The number of thioether (sulfide) groups is 1. The van der Waals surface area contributed by atoms with E-state index in [1.54, 1.807) is 56.0 Å². The highest BCUT2D eigenvalue weighted by atomic mass is 32.2. The van der Waals surface area contributed by atoms with Gasteiger partial charge in [0.15, 0.2) is 5.76 Å². The number of hydrogen-bond acceptors (Lipinski definition) is 6. The smallest absolute Gasteiger partial charge is 0.412 e. The van der Waals surface area contributed by atoms with Crippen LogP contribution in [0.4, 0.5) is 16.2 Å². The maximum Gasteiger partial charge on any atom is 0.412 e. The molecule has 4 rings (SSSR count). The summed E-state index contributed by atoms with van der Waals surface area (Å²) < 4.78 is 11.1. The molecule has 2 aromatic heterocycles. The molecule has 0 atom stereocenters. The van der Waals surface area contributed by atoms with Crippen molar-refractivity contribution in [2.24, 2.45) is 0 Å². The number of hydrogen-bond donors (Lipinski definition) is 2. The molecule has 6 nitrogen and oxygen atoms in total. The highest BCUT2D eigenvalue weighted by Gasteiger charge is 2.20. The van der Waals surface area contributed by atoms with E-state index in [-0.39, 0.29) is 5.76 Å². The number of ether oxygens (including phenoxy) is 1. The molecule has 0 aliphatic carbocycles. The summed E-state index contributed by atoms with van der Waals surface area (Å²) in [6, 6.07) is 16.9. The van der Waals surface area contributed by atoms with E-state index in [0.717, 1.165) is 20.7 Å². The van der Waals surface area contributed by atoms with Crippen molar-refractivity contribution in [3.8, 4) is 10.4 Å². The van der Waals surface area contributed by atoms with E-state index in [1.165, 1.54) is 0 Å². The summed E-state index contributed by atoms with van der Waals surface area (Å²) in [6.07, 6.45) is 1.39. The van der Waals surface area contributed by atoms with Gasteiger partial charge in [0.2, 0.25) is 0 Å². The number of nitrogens with one attached hydrogen (secondary N) is 2. The summed E-state index contributed by atoms with van der Waals surface area (Å²) in [4.78, 5) is 27.5. The number of thiophene rings is 1. The number of carbonyl (C=O) groups excluding carboxylic acids is 2. The molecule has 4 aromatic rings. The van der Waals surface area contributed by atoms with Crippen molar-refractivity contribution in [3.05, 3.63) is 65.7 Å². The minimum Gasteiger partial charge on any atom is -0.451 e. The summed E-state index contributed by atoms with van der Waals surface area (Å²) in [5.41, 5.74) is 1.79. The predicted octanol–water partition coefficient (Wildman–Crippen LogP) is 7.48. The van der Waals surface area contributed by atoms with Gasteiger partial charge in [-0.1, -0.05) is 12.1 Å². The molecule has 0 saturated carbocycles. The zero-order chi connectivity index (χ0) is 23.6. The maximum absolute atomic E-state index is 13.1. The van der Waals surface area contributed by atoms with Gasteiger partial charge in [0, 0.05) is 15.2 Å². The van der Waals surface area contributed by atoms with Crippen LogP contribution in [0.5, 0.6) is 0 Å². The Bertz CT molecular complexity index is 1300. The predicted molar refractivity (Wildman–Crippen MR) is 136 cm³/mol. The molecule has 2 N–H and O–H groups in total. The van der Waals surface area contributed by atoms with Crippen LogP contribution in [0.2, 0.25) is 0 Å². The van der Waals surface area contributed by atoms with Gasteiger partial charge in [-0.05, 0) is 80.4 Å². The molecule has 2 heterocycles. The van der Waals surface area contributed by atoms with Crippen LogP contribution in [0.3, 0.4) is 0 Å². The van der Waals surface area contributed by atoms with Gasteiger partial charge in [-0.3, -0.25) is 10.1 Å². The first kappa shape index (κ1) is 22.9. The molecule has 0 saturated heterocycles. The molecule has 0 unspecified atom stereocenters. The van der Waals surface area contributed by atoms with Gasteiger partial charge in [0.1, 0.15) is 11.2 Å². The van der Waals surface area contributed by atoms with E-state index >= 15 is 0 Å². The van der Waals surface area contributed by atoms with Gasteiger partial charge in [-0.15, -0.1) is 23.1 Å². The van der Waals surface area contributed by atoms with Gasteiger partial charge in [-0.25, -0.2) is 4.79 Å². The number of furan rings is 1. The van der Waals surface area contributed by atoms with E-state index in [0.29, 0.717) is 17.0 Å². The Morgan fingerprint density at radius 1 is 1.00 bits per heavy atom. The molecular formula is C25H24N2O4S2. The lowest BCUT2D eigenvalue weighted by atomic mass is 10.1. The Labute approximate surface area is 200 Å². The van der Waals surface area contributed by atoms with Crippen LogP contribution in [0.1, 0.15) is 31.3 Å². The minimum absolute atomic E-state index is 0.188. The maximum atomic E-state index is 13.1. The average Bonchev–Trinajstić information content (AvgIpc) is 3.43. The molecule has 0 radical (unpaired) electrons. The molecular weight excluding hydrogens is 456 g/mol. The van der Waals surface area contributed by atoms with Crippen molar-refractivity contribution in [3.63, 3.8) is 0 Å². The van der Waals surface area contributed by atoms with Crippen LogP contribution in [0, 0.1) is 0 Å². The molecule has 0 bridgehead atoms. The second kappa shape index (κ2) is 9.33. The zero-order valence-electron chi connectivity index (χ0n) is 18.7. The van der Waals surface area contributed by atoms with Gasteiger partial charge in [0.05, 0.1) is 11.4 Å². The van der Waals surface area contributed by atoms with E-state index in [4.69, 9.17) is 9.15 Å². The molecule has 0 spiro atoms. The first-order valence-electron chi connectivity index (χ1n) is 10.3. The first-order valence-corrected chi connectivity index (χ1v) is 12.4. The lowest BCUT2D eigenvalue weighted by molar-refractivity contribution is 0.0635. The average molecular weight is 481 g/mol. The third-order valence-electron chi connectivity index (χ3n) is 4.66. The van der Waals surface area contributed by atoms with Crippen LogP contribution in [0.25, 0.3) is 21.4 Å². The van der Waals surface area contributed by atoms with Crippen molar-refractivity contribution in [2.45, 2.75) is 31.3 Å². The summed E-state index contributed by atoms with van der Waals surface area (Å²) in [5, 5.41) is 8.45. The fourth-order valence-corrected chi connectivity index (χ4v) is 4.38. The second-order valence-corrected chi connectivity index (χ2v) is 10.2. The second-order valence-electron chi connectivity index (χ2n) is 8.33. The van der Waals surface area contributed by atoms with Crippen molar-refractivity contribution >= 4 is 57.4 Å². The Morgan fingerprint density at radius 2 is 1.82 bits per heavy atom. The molecule has 33 heavy (non-hydrogen) atoms. The molecule has 170 valence electrons. The molecule has 0 aliphatic rings. The molecule has 0 fully saturated rings. The lowest BCUT2D eigenvalue weighted by Crippen LogP contribution is -2.27. The van der Waals surface area contributed by atoms with Crippen molar-refractivity contribution in [1.29, 1.82) is 0 Å². The van der Waals surface area contributed by atoms with Crippen molar-refractivity contribution < 1.29 is 18.7 Å². The number of anilines is 2. The summed E-state index contributed by atoms with van der Waals surface area (Å²) in [5.74, 6) is -0.222. The van der Waals surface area contributed by atoms with Crippen LogP contribution >= 0.6 is 23.1 Å². The van der Waals surface area contributed by atoms with E-state index in [9.17, 15) is 9.59 Å². The number of fused-ring (bicyclic) bond motifs is 1. The van der Waals surface area contributed by atoms with Crippen molar-refractivity contribution in [2.75, 3.05) is 16.9 Å². The number of carbonyl (C=O) groups is 2. The Morgan fingerprint density at radius 3 is 2.52 bits per heavy atom. The Kier molecular flexibility index (Phi) is 6.49. The number of benzene rings is 2. The third-order valence-corrected chi connectivity index (χ3v) is 6.30. The Hall–Kier alpha value is -3.23. The van der Waals surface area contributed by atoms with Gasteiger partial charge in [-0.2, -0.15) is 0 Å². The number of amides is 2. The highest BCUT2D eigenvalue weighted by molar-refractivity contribution is 7.98. The summed E-state index contributed by atoms with van der Waals surface area (Å²) in [6.45, 7) is 5.37. The number of rotatable bonds is 5. The van der Waals surface area contributed by atoms with Crippen LogP contribution in [0.15, 0.2) is 69.3 Å². The third kappa shape index (κ3) is 5.58. The van der Waals surface area contributed by atoms with E-state index in [1.807, 2.05) is 54.1 Å². The molecule has 2 amide bonds. The fraction of sp³-hybridized carbons (Fsp3) is 0.200. The van der Waals surface area contributed by atoms with Gasteiger partial charge >= 0.3 is 6.09 Å². The van der Waals surface area contributed by atoms with Crippen molar-refractivity contribution in [1.82, 2.24) is 0 Å². The fourth-order valence-electron chi connectivity index (χ4n) is 3.21. The zero-order valence-corrected chi connectivity index (χ0v) is 20.4. The molecule has 8 heteroatoms. The molecule has 0 aliphatic heterocycles. The quantitative estimate of drug-likeness (QED) is 0.289. The van der Waals surface area contributed by atoms with Crippen LogP contribution < -0.4 is 10.6 Å². The Balaban J connectivity index is 1.64.